The van der Waals surface area contributed by atoms with Crippen LogP contribution in [0.15, 0.2) is 63.3 Å². The topological polar surface area (TPSA) is 68.0 Å². The van der Waals surface area contributed by atoms with Crippen LogP contribution in [0.1, 0.15) is 12.2 Å². The highest BCUT2D eigenvalue weighted by molar-refractivity contribution is 7.99. The number of halogens is 2. The second-order valence-corrected chi connectivity index (χ2v) is 7.35. The molecule has 0 saturated heterocycles. The highest BCUT2D eigenvalue weighted by Crippen LogP contribution is 2.32. The Kier molecular flexibility index (Phi) is 7.15. The van der Waals surface area contributed by atoms with E-state index in [1.807, 2.05) is 30.3 Å². The van der Waals surface area contributed by atoms with Gasteiger partial charge in [-0.3, -0.25) is 4.79 Å². The highest BCUT2D eigenvalue weighted by Gasteiger charge is 2.17. The van der Waals surface area contributed by atoms with Gasteiger partial charge in [0.2, 0.25) is 5.91 Å². The standard InChI is InChI=1S/C19H17Cl2N3O2S/c20-10-12-22-16(25)9-8-15-18(13-4-6-14(21)7-5-13)24-19(26-15)27-17-3-1-2-11-23-17/h1-7,11H,8-10,12H2,(H,22,25). The van der Waals surface area contributed by atoms with Crippen molar-refractivity contribution in [3.8, 4) is 11.3 Å². The fourth-order valence-corrected chi connectivity index (χ4v) is 3.31. The summed E-state index contributed by atoms with van der Waals surface area (Å²) in [7, 11) is 0. The molecule has 1 amide bonds. The maximum absolute atomic E-state index is 11.9. The average Bonchev–Trinajstić information content (AvgIpc) is 3.08. The summed E-state index contributed by atoms with van der Waals surface area (Å²) < 4.78 is 5.93. The van der Waals surface area contributed by atoms with Crippen LogP contribution in [0.25, 0.3) is 11.3 Å². The lowest BCUT2D eigenvalue weighted by Crippen LogP contribution is -2.25. The third kappa shape index (κ3) is 5.73. The number of nitrogens with one attached hydrogen (secondary N) is 1. The summed E-state index contributed by atoms with van der Waals surface area (Å²) in [4.78, 5) is 20.8. The van der Waals surface area contributed by atoms with Crippen LogP contribution in [-0.4, -0.2) is 28.3 Å². The van der Waals surface area contributed by atoms with Gasteiger partial charge in [-0.05, 0) is 36.0 Å². The van der Waals surface area contributed by atoms with E-state index < -0.39 is 0 Å². The van der Waals surface area contributed by atoms with Gasteiger partial charge in [-0.25, -0.2) is 9.97 Å². The number of amides is 1. The Morgan fingerprint density at radius 2 is 2.00 bits per heavy atom. The van der Waals surface area contributed by atoms with Gasteiger partial charge >= 0.3 is 0 Å². The molecule has 3 rings (SSSR count). The molecule has 0 atom stereocenters. The van der Waals surface area contributed by atoms with E-state index in [0.717, 1.165) is 10.6 Å². The molecule has 0 radical (unpaired) electrons. The number of hydrogen-bond acceptors (Lipinski definition) is 5. The minimum absolute atomic E-state index is 0.0759. The highest BCUT2D eigenvalue weighted by atomic mass is 35.5. The van der Waals surface area contributed by atoms with Crippen LogP contribution in [0.4, 0.5) is 0 Å². The minimum atomic E-state index is -0.0759. The maximum Gasteiger partial charge on any atom is 0.262 e. The summed E-state index contributed by atoms with van der Waals surface area (Å²) in [5, 5.41) is 4.66. The number of rotatable bonds is 8. The molecule has 0 fully saturated rings. The van der Waals surface area contributed by atoms with Crippen molar-refractivity contribution in [1.82, 2.24) is 15.3 Å². The van der Waals surface area contributed by atoms with E-state index in [4.69, 9.17) is 27.6 Å². The van der Waals surface area contributed by atoms with Gasteiger partial charge in [0.25, 0.3) is 5.22 Å². The lowest BCUT2D eigenvalue weighted by atomic mass is 10.1. The Labute approximate surface area is 171 Å². The summed E-state index contributed by atoms with van der Waals surface area (Å²) in [5.74, 6) is 0.958. The fourth-order valence-electron chi connectivity index (χ4n) is 2.38. The van der Waals surface area contributed by atoms with Crippen LogP contribution in [-0.2, 0) is 11.2 Å². The summed E-state index contributed by atoms with van der Waals surface area (Å²) >= 11 is 12.9. The van der Waals surface area contributed by atoms with E-state index in [9.17, 15) is 4.79 Å². The number of nitrogens with zero attached hydrogens (tertiary/aromatic N) is 2. The molecule has 8 heteroatoms. The van der Waals surface area contributed by atoms with Crippen LogP contribution in [0.2, 0.25) is 5.02 Å². The molecule has 1 aromatic carbocycles. The molecule has 2 heterocycles. The fraction of sp³-hybridized carbons (Fsp3) is 0.211. The van der Waals surface area contributed by atoms with E-state index in [1.54, 1.807) is 18.3 Å². The molecule has 27 heavy (non-hydrogen) atoms. The van der Waals surface area contributed by atoms with Crippen molar-refractivity contribution < 1.29 is 9.21 Å². The van der Waals surface area contributed by atoms with Crippen LogP contribution in [0, 0.1) is 0 Å². The Balaban J connectivity index is 1.82. The van der Waals surface area contributed by atoms with Gasteiger partial charge in [0.15, 0.2) is 0 Å². The van der Waals surface area contributed by atoms with Crippen molar-refractivity contribution in [2.24, 2.45) is 0 Å². The number of oxazole rings is 1. The first kappa shape index (κ1) is 19.7. The number of alkyl halides is 1. The molecule has 0 bridgehead atoms. The monoisotopic (exact) mass is 421 g/mol. The van der Waals surface area contributed by atoms with Crippen LogP contribution in [0.3, 0.4) is 0 Å². The van der Waals surface area contributed by atoms with Gasteiger partial charge < -0.3 is 9.73 Å². The quantitative estimate of drug-likeness (QED) is 0.527. The van der Waals surface area contributed by atoms with Gasteiger partial charge in [-0.1, -0.05) is 29.8 Å². The molecule has 0 aliphatic rings. The lowest BCUT2D eigenvalue weighted by Gasteiger charge is -2.03. The third-order valence-corrected chi connectivity index (χ3v) is 4.86. The lowest BCUT2D eigenvalue weighted by molar-refractivity contribution is -0.121. The van der Waals surface area contributed by atoms with E-state index in [1.165, 1.54) is 11.8 Å². The number of aryl methyl sites for hydroxylation is 1. The van der Waals surface area contributed by atoms with Gasteiger partial charge in [-0.15, -0.1) is 11.6 Å². The predicted molar refractivity (Wildman–Crippen MR) is 107 cm³/mol. The number of carbonyl (C=O) groups excluding carboxylic acids is 1. The van der Waals surface area contributed by atoms with Gasteiger partial charge in [0.05, 0.1) is 0 Å². The van der Waals surface area contributed by atoms with Crippen molar-refractivity contribution in [2.45, 2.75) is 23.1 Å². The van der Waals surface area contributed by atoms with Crippen LogP contribution >= 0.6 is 35.0 Å². The number of pyridine rings is 1. The number of aromatic nitrogens is 2. The van der Waals surface area contributed by atoms with Crippen LogP contribution < -0.4 is 5.32 Å². The van der Waals surface area contributed by atoms with E-state index in [-0.39, 0.29) is 5.91 Å². The molecule has 1 N–H and O–H groups in total. The van der Waals surface area contributed by atoms with E-state index >= 15 is 0 Å². The van der Waals surface area contributed by atoms with Crippen molar-refractivity contribution in [2.75, 3.05) is 12.4 Å². The molecular formula is C19H17Cl2N3O2S. The second-order valence-electron chi connectivity index (χ2n) is 5.57. The second kappa shape index (κ2) is 9.78. The van der Waals surface area contributed by atoms with Crippen molar-refractivity contribution in [3.05, 3.63) is 59.4 Å². The predicted octanol–water partition coefficient (Wildman–Crippen LogP) is 4.83. The first-order valence-electron chi connectivity index (χ1n) is 8.33. The molecule has 3 aromatic rings. The zero-order valence-corrected chi connectivity index (χ0v) is 16.7. The Bertz CT molecular complexity index is 886. The molecule has 0 saturated carbocycles. The number of carbonyl (C=O) groups is 1. The van der Waals surface area contributed by atoms with Crippen molar-refractivity contribution >= 4 is 40.9 Å². The van der Waals surface area contributed by atoms with Crippen molar-refractivity contribution in [3.63, 3.8) is 0 Å². The molecular weight excluding hydrogens is 405 g/mol. The zero-order chi connectivity index (χ0) is 19.1. The van der Waals surface area contributed by atoms with Crippen LogP contribution in [0.5, 0.6) is 0 Å². The SMILES string of the molecule is O=C(CCc1oc(Sc2ccccn2)nc1-c1ccc(Cl)cc1)NCCCl. The molecule has 0 unspecified atom stereocenters. The first-order chi connectivity index (χ1) is 13.2. The van der Waals surface area contributed by atoms with Gasteiger partial charge in [0, 0.05) is 42.0 Å². The first-order valence-corrected chi connectivity index (χ1v) is 10.1. The Hall–Kier alpha value is -2.02. The smallest absolute Gasteiger partial charge is 0.262 e. The van der Waals surface area contributed by atoms with E-state index in [0.29, 0.717) is 47.0 Å². The number of benzene rings is 1. The molecule has 140 valence electrons. The molecule has 0 aliphatic carbocycles. The molecule has 0 aliphatic heterocycles. The Morgan fingerprint density at radius 3 is 2.70 bits per heavy atom. The average molecular weight is 422 g/mol. The number of hydrogen-bond donors (Lipinski definition) is 1. The normalized spacial score (nSPS) is 10.7. The van der Waals surface area contributed by atoms with Gasteiger partial charge in [-0.2, -0.15) is 0 Å². The zero-order valence-electron chi connectivity index (χ0n) is 14.3. The minimum Gasteiger partial charge on any atom is -0.436 e. The third-order valence-electron chi connectivity index (χ3n) is 3.62. The molecule has 0 spiro atoms. The summed E-state index contributed by atoms with van der Waals surface area (Å²) in [6.07, 6.45) is 2.44. The summed E-state index contributed by atoms with van der Waals surface area (Å²) in [5.41, 5.74) is 1.59. The largest absolute Gasteiger partial charge is 0.436 e. The van der Waals surface area contributed by atoms with Gasteiger partial charge in [0.1, 0.15) is 16.5 Å². The summed E-state index contributed by atoms with van der Waals surface area (Å²) in [6, 6.07) is 13.0. The maximum atomic E-state index is 11.9. The summed E-state index contributed by atoms with van der Waals surface area (Å²) in [6.45, 7) is 0.446. The van der Waals surface area contributed by atoms with E-state index in [2.05, 4.69) is 15.3 Å². The van der Waals surface area contributed by atoms with Crippen molar-refractivity contribution in [1.29, 1.82) is 0 Å². The molecule has 5 nitrogen and oxygen atoms in total. The molecule has 2 aromatic heterocycles. The Morgan fingerprint density at radius 1 is 1.19 bits per heavy atom.